The van der Waals surface area contributed by atoms with Crippen LogP contribution in [0.15, 0.2) is 12.2 Å². The fraction of sp³-hybridized carbons (Fsp3) is 0.833. The van der Waals surface area contributed by atoms with Gasteiger partial charge in [0, 0.05) is 5.57 Å². The van der Waals surface area contributed by atoms with Crippen molar-refractivity contribution in [1.82, 2.24) is 0 Å². The first-order chi connectivity index (χ1) is 10.1. The molecule has 0 saturated carbocycles. The lowest BCUT2D eigenvalue weighted by atomic mass is 10.0. The number of carbonyl (C=O) groups excluding carboxylic acids is 1. The second kappa shape index (κ2) is 14.1. The van der Waals surface area contributed by atoms with Crippen LogP contribution in [0.25, 0.3) is 0 Å². The number of aliphatic hydroxyl groups is 1. The van der Waals surface area contributed by atoms with Crippen molar-refractivity contribution in [3.8, 4) is 0 Å². The van der Waals surface area contributed by atoms with Gasteiger partial charge in [-0.25, -0.2) is 4.79 Å². The van der Waals surface area contributed by atoms with Crippen LogP contribution in [0.5, 0.6) is 0 Å². The lowest BCUT2D eigenvalue weighted by Crippen LogP contribution is -2.05. The highest BCUT2D eigenvalue weighted by Crippen LogP contribution is 2.12. The fourth-order valence-corrected chi connectivity index (χ4v) is 2.21. The number of aliphatic hydroxyl groups excluding tert-OH is 1. The highest BCUT2D eigenvalue weighted by atomic mass is 16.5. The van der Waals surface area contributed by atoms with Gasteiger partial charge in [-0.05, 0) is 26.2 Å². The van der Waals surface area contributed by atoms with E-state index >= 15 is 0 Å². The topological polar surface area (TPSA) is 46.5 Å². The van der Waals surface area contributed by atoms with Gasteiger partial charge in [0.05, 0.1) is 12.7 Å². The molecule has 0 aliphatic carbocycles. The molecule has 0 aliphatic rings. The van der Waals surface area contributed by atoms with Gasteiger partial charge in [0.15, 0.2) is 0 Å². The summed E-state index contributed by atoms with van der Waals surface area (Å²) in [5.41, 5.74) is 0.474. The van der Waals surface area contributed by atoms with Gasteiger partial charge in [0.2, 0.25) is 0 Å². The van der Waals surface area contributed by atoms with Gasteiger partial charge in [-0.2, -0.15) is 0 Å². The van der Waals surface area contributed by atoms with E-state index in [-0.39, 0.29) is 12.1 Å². The molecule has 124 valence electrons. The number of carbonyl (C=O) groups is 1. The summed E-state index contributed by atoms with van der Waals surface area (Å²) in [6, 6.07) is 0. The Kier molecular flexibility index (Phi) is 13.6. The summed E-state index contributed by atoms with van der Waals surface area (Å²) < 4.78 is 5.05. The van der Waals surface area contributed by atoms with E-state index in [0.29, 0.717) is 12.2 Å². The zero-order valence-corrected chi connectivity index (χ0v) is 14.0. The quantitative estimate of drug-likeness (QED) is 0.285. The van der Waals surface area contributed by atoms with Crippen molar-refractivity contribution >= 4 is 5.97 Å². The molecular weight excluding hydrogens is 264 g/mol. The summed E-state index contributed by atoms with van der Waals surface area (Å²) in [5, 5.41) is 9.43. The first-order valence-corrected chi connectivity index (χ1v) is 8.58. The van der Waals surface area contributed by atoms with E-state index in [1.54, 1.807) is 6.92 Å². The van der Waals surface area contributed by atoms with Gasteiger partial charge in [-0.1, -0.05) is 64.9 Å². The first-order valence-electron chi connectivity index (χ1n) is 8.58. The van der Waals surface area contributed by atoms with Crippen LogP contribution in [-0.4, -0.2) is 23.8 Å². The maximum Gasteiger partial charge on any atom is 0.333 e. The minimum atomic E-state index is -0.275. The van der Waals surface area contributed by atoms with Crippen LogP contribution in [0.3, 0.4) is 0 Å². The molecular formula is C18H34O3. The van der Waals surface area contributed by atoms with Gasteiger partial charge < -0.3 is 9.84 Å². The Hall–Kier alpha value is -0.830. The summed E-state index contributed by atoms with van der Waals surface area (Å²) in [4.78, 5) is 11.1. The number of unbranched alkanes of at least 4 members (excludes halogenated alkanes) is 8. The summed E-state index contributed by atoms with van der Waals surface area (Å²) >= 11 is 0. The van der Waals surface area contributed by atoms with Crippen molar-refractivity contribution in [3.63, 3.8) is 0 Å². The molecule has 0 aromatic rings. The number of ether oxygens (including phenoxy) is 1. The van der Waals surface area contributed by atoms with Crippen LogP contribution in [0, 0.1) is 0 Å². The number of hydrogen-bond donors (Lipinski definition) is 1. The largest absolute Gasteiger partial charge is 0.462 e. The molecule has 0 fully saturated rings. The second-order valence-corrected chi connectivity index (χ2v) is 5.95. The average molecular weight is 298 g/mol. The zero-order chi connectivity index (χ0) is 15.9. The Labute approximate surface area is 130 Å². The van der Waals surface area contributed by atoms with Crippen molar-refractivity contribution in [2.24, 2.45) is 0 Å². The van der Waals surface area contributed by atoms with E-state index in [1.807, 2.05) is 6.92 Å². The molecule has 0 saturated heterocycles. The Morgan fingerprint density at radius 1 is 1.00 bits per heavy atom. The molecule has 0 aromatic heterocycles. The van der Waals surface area contributed by atoms with Crippen molar-refractivity contribution in [2.45, 2.75) is 90.6 Å². The molecule has 3 nitrogen and oxygen atoms in total. The molecule has 0 aliphatic heterocycles. The third-order valence-electron chi connectivity index (χ3n) is 3.73. The molecule has 0 spiro atoms. The molecule has 1 atom stereocenters. The van der Waals surface area contributed by atoms with Crippen LogP contribution in [0.2, 0.25) is 0 Å². The maximum atomic E-state index is 11.1. The van der Waals surface area contributed by atoms with Gasteiger partial charge >= 0.3 is 5.97 Å². The van der Waals surface area contributed by atoms with Crippen LogP contribution in [0.1, 0.15) is 84.5 Å². The van der Waals surface area contributed by atoms with E-state index in [9.17, 15) is 9.90 Å². The van der Waals surface area contributed by atoms with E-state index < -0.39 is 0 Å². The van der Waals surface area contributed by atoms with Crippen LogP contribution in [-0.2, 0) is 9.53 Å². The standard InChI is InChI=1S/C18H34O3/c1-4-17(19)14-12-10-8-6-5-7-9-11-13-15-21-18(20)16(2)3/h17,19H,2,4-15H2,1,3H3. The Morgan fingerprint density at radius 2 is 1.48 bits per heavy atom. The number of hydrogen-bond acceptors (Lipinski definition) is 3. The van der Waals surface area contributed by atoms with Gasteiger partial charge in [-0.15, -0.1) is 0 Å². The molecule has 3 heteroatoms. The summed E-state index contributed by atoms with van der Waals surface area (Å²) in [5.74, 6) is -0.275. The van der Waals surface area contributed by atoms with E-state index in [2.05, 4.69) is 6.58 Å². The molecule has 0 heterocycles. The molecule has 0 aromatic carbocycles. The highest BCUT2D eigenvalue weighted by Gasteiger charge is 2.02. The lowest BCUT2D eigenvalue weighted by Gasteiger charge is -2.07. The van der Waals surface area contributed by atoms with Gasteiger partial charge in [-0.3, -0.25) is 0 Å². The average Bonchev–Trinajstić information content (AvgIpc) is 2.47. The van der Waals surface area contributed by atoms with Crippen LogP contribution < -0.4 is 0 Å². The van der Waals surface area contributed by atoms with Crippen molar-refractivity contribution < 1.29 is 14.6 Å². The SMILES string of the molecule is C=C(C)C(=O)OCCCCCCCCCCCC(O)CC. The Morgan fingerprint density at radius 3 is 1.95 bits per heavy atom. The van der Waals surface area contributed by atoms with E-state index in [4.69, 9.17) is 4.74 Å². The molecule has 0 bridgehead atoms. The van der Waals surface area contributed by atoms with Crippen LogP contribution >= 0.6 is 0 Å². The minimum absolute atomic E-state index is 0.0935. The first kappa shape index (κ1) is 20.2. The normalized spacial score (nSPS) is 12.1. The smallest absolute Gasteiger partial charge is 0.333 e. The second-order valence-electron chi connectivity index (χ2n) is 5.95. The predicted molar refractivity (Wildman–Crippen MR) is 88.2 cm³/mol. The Balaban J connectivity index is 3.12. The van der Waals surface area contributed by atoms with Gasteiger partial charge in [0.1, 0.15) is 0 Å². The molecule has 21 heavy (non-hydrogen) atoms. The fourth-order valence-electron chi connectivity index (χ4n) is 2.21. The Bertz CT molecular complexity index is 274. The summed E-state index contributed by atoms with van der Waals surface area (Å²) in [6.07, 6.45) is 12.6. The number of rotatable bonds is 14. The molecule has 1 unspecified atom stereocenters. The molecule has 0 rings (SSSR count). The van der Waals surface area contributed by atoms with Crippen molar-refractivity contribution in [2.75, 3.05) is 6.61 Å². The van der Waals surface area contributed by atoms with Crippen molar-refractivity contribution in [3.05, 3.63) is 12.2 Å². The monoisotopic (exact) mass is 298 g/mol. The van der Waals surface area contributed by atoms with Crippen LogP contribution in [0.4, 0.5) is 0 Å². The molecule has 0 radical (unpaired) electrons. The zero-order valence-electron chi connectivity index (χ0n) is 14.0. The predicted octanol–water partition coefficient (Wildman–Crippen LogP) is 4.78. The third-order valence-corrected chi connectivity index (χ3v) is 3.73. The van der Waals surface area contributed by atoms with E-state index in [0.717, 1.165) is 32.1 Å². The number of esters is 1. The summed E-state index contributed by atoms with van der Waals surface area (Å²) in [6.45, 7) is 7.77. The van der Waals surface area contributed by atoms with E-state index in [1.165, 1.54) is 38.5 Å². The summed E-state index contributed by atoms with van der Waals surface area (Å²) in [7, 11) is 0. The maximum absolute atomic E-state index is 11.1. The third kappa shape index (κ3) is 13.9. The molecule has 1 N–H and O–H groups in total. The lowest BCUT2D eigenvalue weighted by molar-refractivity contribution is -0.139. The molecule has 0 amide bonds. The minimum Gasteiger partial charge on any atom is -0.462 e. The highest BCUT2D eigenvalue weighted by molar-refractivity contribution is 5.86. The van der Waals surface area contributed by atoms with Gasteiger partial charge in [0.25, 0.3) is 0 Å². The van der Waals surface area contributed by atoms with Crippen molar-refractivity contribution in [1.29, 1.82) is 0 Å².